The summed E-state index contributed by atoms with van der Waals surface area (Å²) in [6.07, 6.45) is 0.537. The Bertz CT molecular complexity index is 562. The van der Waals surface area contributed by atoms with Gasteiger partial charge < -0.3 is 10.4 Å². The van der Waals surface area contributed by atoms with E-state index >= 15 is 0 Å². The molecule has 2 atom stereocenters. The number of hydrogen-bond donors (Lipinski definition) is 2. The van der Waals surface area contributed by atoms with Crippen molar-refractivity contribution >= 4 is 0 Å². The summed E-state index contributed by atoms with van der Waals surface area (Å²) in [6.45, 7) is 2.98. The summed E-state index contributed by atoms with van der Waals surface area (Å²) < 4.78 is 0. The van der Waals surface area contributed by atoms with E-state index < -0.39 is 6.10 Å². The molecule has 2 nitrogen and oxygen atoms in total. The van der Waals surface area contributed by atoms with Gasteiger partial charge in [-0.2, -0.15) is 0 Å². The molecule has 2 aromatic carbocycles. The van der Waals surface area contributed by atoms with E-state index in [0.717, 1.165) is 18.5 Å². The maximum Gasteiger partial charge on any atom is 0.0984 e. The second-order valence-corrected chi connectivity index (χ2v) is 5.24. The normalized spacial score (nSPS) is 19.8. The fourth-order valence-electron chi connectivity index (χ4n) is 2.78. The second-order valence-electron chi connectivity index (χ2n) is 5.24. The number of rotatable bonds is 2. The first-order chi connectivity index (χ1) is 9.25. The first-order valence-corrected chi connectivity index (χ1v) is 6.81. The van der Waals surface area contributed by atoms with Crippen molar-refractivity contribution in [3.63, 3.8) is 0 Å². The summed E-state index contributed by atoms with van der Waals surface area (Å²) in [5.74, 6) is 0. The van der Waals surface area contributed by atoms with Gasteiger partial charge in [-0.15, -0.1) is 0 Å². The van der Waals surface area contributed by atoms with Crippen LogP contribution in [-0.4, -0.2) is 11.7 Å². The zero-order chi connectivity index (χ0) is 13.2. The van der Waals surface area contributed by atoms with Crippen molar-refractivity contribution in [3.8, 4) is 0 Å². The molecule has 0 bridgehead atoms. The van der Waals surface area contributed by atoms with Crippen LogP contribution in [-0.2, 0) is 6.42 Å². The quantitative estimate of drug-likeness (QED) is 0.862. The first-order valence-electron chi connectivity index (χ1n) is 6.81. The number of hydrogen-bond acceptors (Lipinski definition) is 2. The zero-order valence-corrected chi connectivity index (χ0v) is 11.1. The molecule has 1 aliphatic heterocycles. The Hall–Kier alpha value is -1.64. The molecule has 0 radical (unpaired) electrons. The fourth-order valence-corrected chi connectivity index (χ4v) is 2.78. The van der Waals surface area contributed by atoms with E-state index in [2.05, 4.69) is 30.4 Å². The van der Waals surface area contributed by atoms with Gasteiger partial charge in [0, 0.05) is 0 Å². The van der Waals surface area contributed by atoms with Crippen LogP contribution < -0.4 is 5.32 Å². The molecule has 0 saturated carbocycles. The average Bonchev–Trinajstić information content (AvgIpc) is 2.47. The molecule has 1 aliphatic rings. The van der Waals surface area contributed by atoms with Gasteiger partial charge in [0.05, 0.1) is 12.1 Å². The van der Waals surface area contributed by atoms with Gasteiger partial charge in [-0.25, -0.2) is 0 Å². The minimum absolute atomic E-state index is 0.00680. The highest BCUT2D eigenvalue weighted by molar-refractivity contribution is 5.35. The van der Waals surface area contributed by atoms with E-state index in [1.165, 1.54) is 16.7 Å². The molecule has 0 amide bonds. The van der Waals surface area contributed by atoms with Gasteiger partial charge in [-0.1, -0.05) is 54.1 Å². The molecule has 3 rings (SSSR count). The number of nitrogens with one attached hydrogen (secondary N) is 1. The Morgan fingerprint density at radius 3 is 2.63 bits per heavy atom. The van der Waals surface area contributed by atoms with Crippen molar-refractivity contribution in [1.82, 2.24) is 5.32 Å². The van der Waals surface area contributed by atoms with Crippen LogP contribution in [0.2, 0.25) is 0 Å². The lowest BCUT2D eigenvalue weighted by Gasteiger charge is -2.31. The number of aliphatic hydroxyl groups excluding tert-OH is 1. The summed E-state index contributed by atoms with van der Waals surface area (Å²) in [5.41, 5.74) is 4.76. The van der Waals surface area contributed by atoms with Crippen molar-refractivity contribution in [2.75, 3.05) is 6.54 Å². The standard InChI is InChI=1S/C17H19NO/c1-12-6-8-14(9-7-12)17(19)16-15-5-3-2-4-13(15)10-11-18-16/h2-9,16-19H,10-11H2,1H3. The summed E-state index contributed by atoms with van der Waals surface area (Å²) in [5, 5.41) is 14.1. The second kappa shape index (κ2) is 5.16. The van der Waals surface area contributed by atoms with Crippen LogP contribution in [0.1, 0.15) is 34.4 Å². The summed E-state index contributed by atoms with van der Waals surface area (Å²) in [6, 6.07) is 16.5. The average molecular weight is 253 g/mol. The van der Waals surface area contributed by atoms with Crippen LogP contribution in [0.5, 0.6) is 0 Å². The van der Waals surface area contributed by atoms with Gasteiger partial charge in [-0.3, -0.25) is 0 Å². The maximum atomic E-state index is 10.6. The number of aliphatic hydroxyl groups is 1. The Balaban J connectivity index is 1.92. The van der Waals surface area contributed by atoms with Crippen molar-refractivity contribution in [3.05, 3.63) is 70.8 Å². The summed E-state index contributed by atoms with van der Waals surface area (Å²) in [7, 11) is 0. The minimum Gasteiger partial charge on any atom is -0.386 e. The number of fused-ring (bicyclic) bond motifs is 1. The molecule has 0 fully saturated rings. The highest BCUT2D eigenvalue weighted by Crippen LogP contribution is 2.33. The van der Waals surface area contributed by atoms with E-state index in [0.29, 0.717) is 0 Å². The van der Waals surface area contributed by atoms with Gasteiger partial charge in [0.15, 0.2) is 0 Å². The van der Waals surface area contributed by atoms with E-state index in [1.807, 2.05) is 30.3 Å². The SMILES string of the molecule is Cc1ccc(C(O)C2NCCc3ccccc32)cc1. The van der Waals surface area contributed by atoms with Crippen LogP contribution >= 0.6 is 0 Å². The molecule has 0 spiro atoms. The molecular formula is C17H19NO. The summed E-state index contributed by atoms with van der Waals surface area (Å²) >= 11 is 0. The minimum atomic E-state index is -0.498. The Kier molecular flexibility index (Phi) is 3.36. The zero-order valence-electron chi connectivity index (χ0n) is 11.1. The van der Waals surface area contributed by atoms with E-state index in [1.54, 1.807) is 0 Å². The fraction of sp³-hybridized carbons (Fsp3) is 0.294. The van der Waals surface area contributed by atoms with Crippen LogP contribution in [0.4, 0.5) is 0 Å². The molecule has 98 valence electrons. The van der Waals surface area contributed by atoms with Crippen LogP contribution in [0.25, 0.3) is 0 Å². The van der Waals surface area contributed by atoms with Gasteiger partial charge in [-0.05, 0) is 36.6 Å². The van der Waals surface area contributed by atoms with Gasteiger partial charge in [0.25, 0.3) is 0 Å². The Morgan fingerprint density at radius 2 is 1.84 bits per heavy atom. The first kappa shape index (κ1) is 12.4. The molecular weight excluding hydrogens is 234 g/mol. The van der Waals surface area contributed by atoms with Gasteiger partial charge in [0.1, 0.15) is 0 Å². The van der Waals surface area contributed by atoms with Gasteiger partial charge in [0.2, 0.25) is 0 Å². The van der Waals surface area contributed by atoms with Crippen molar-refractivity contribution < 1.29 is 5.11 Å². The van der Waals surface area contributed by atoms with E-state index in [4.69, 9.17) is 0 Å². The summed E-state index contributed by atoms with van der Waals surface area (Å²) in [4.78, 5) is 0. The molecule has 0 aromatic heterocycles. The molecule has 2 N–H and O–H groups in total. The molecule has 19 heavy (non-hydrogen) atoms. The predicted octanol–water partition coefficient (Wildman–Crippen LogP) is 2.92. The Morgan fingerprint density at radius 1 is 1.11 bits per heavy atom. The largest absolute Gasteiger partial charge is 0.386 e. The van der Waals surface area contributed by atoms with E-state index in [-0.39, 0.29) is 6.04 Å². The molecule has 2 heteroatoms. The highest BCUT2D eigenvalue weighted by Gasteiger charge is 2.26. The molecule has 0 aliphatic carbocycles. The maximum absolute atomic E-state index is 10.6. The van der Waals surface area contributed by atoms with Crippen LogP contribution in [0, 0.1) is 6.92 Å². The van der Waals surface area contributed by atoms with Crippen LogP contribution in [0.15, 0.2) is 48.5 Å². The van der Waals surface area contributed by atoms with Crippen molar-refractivity contribution in [1.29, 1.82) is 0 Å². The van der Waals surface area contributed by atoms with Crippen molar-refractivity contribution in [2.45, 2.75) is 25.5 Å². The Labute approximate surface area is 114 Å². The lowest BCUT2D eigenvalue weighted by atomic mass is 9.88. The molecule has 2 unspecified atom stereocenters. The third kappa shape index (κ3) is 2.42. The lowest BCUT2D eigenvalue weighted by Crippen LogP contribution is -2.33. The third-order valence-corrected chi connectivity index (χ3v) is 3.88. The predicted molar refractivity (Wildman–Crippen MR) is 77.0 cm³/mol. The topological polar surface area (TPSA) is 32.3 Å². The lowest BCUT2D eigenvalue weighted by molar-refractivity contribution is 0.125. The van der Waals surface area contributed by atoms with Crippen molar-refractivity contribution in [2.24, 2.45) is 0 Å². The van der Waals surface area contributed by atoms with Crippen LogP contribution in [0.3, 0.4) is 0 Å². The number of aryl methyl sites for hydroxylation is 1. The molecule has 2 aromatic rings. The highest BCUT2D eigenvalue weighted by atomic mass is 16.3. The van der Waals surface area contributed by atoms with E-state index in [9.17, 15) is 5.11 Å². The molecule has 0 saturated heterocycles. The number of benzene rings is 2. The third-order valence-electron chi connectivity index (χ3n) is 3.88. The molecule has 1 heterocycles. The smallest absolute Gasteiger partial charge is 0.0984 e. The monoisotopic (exact) mass is 253 g/mol. The van der Waals surface area contributed by atoms with Gasteiger partial charge >= 0.3 is 0 Å².